The van der Waals surface area contributed by atoms with Crippen LogP contribution >= 0.6 is 35.0 Å². The second kappa shape index (κ2) is 12.5. The van der Waals surface area contributed by atoms with Crippen LogP contribution in [0.25, 0.3) is 0 Å². The summed E-state index contributed by atoms with van der Waals surface area (Å²) in [7, 11) is 1.60. The number of hydrogen-bond acceptors (Lipinski definition) is 4. The van der Waals surface area contributed by atoms with E-state index in [2.05, 4.69) is 5.32 Å². The largest absolute Gasteiger partial charge is 0.497 e. The van der Waals surface area contributed by atoms with Gasteiger partial charge in [0, 0.05) is 27.9 Å². The van der Waals surface area contributed by atoms with Gasteiger partial charge >= 0.3 is 0 Å². The monoisotopic (exact) mass is 510 g/mol. The summed E-state index contributed by atoms with van der Waals surface area (Å²) in [6, 6.07) is 12.3. The van der Waals surface area contributed by atoms with E-state index in [0.29, 0.717) is 34.5 Å². The van der Waals surface area contributed by atoms with Gasteiger partial charge in [-0.05, 0) is 62.6 Å². The fourth-order valence-electron chi connectivity index (χ4n) is 3.31. The summed E-state index contributed by atoms with van der Waals surface area (Å²) in [6.07, 6.45) is 0.505. The number of hydrogen-bond donors (Lipinski definition) is 1. The molecule has 2 rings (SSSR count). The van der Waals surface area contributed by atoms with Crippen LogP contribution in [0.1, 0.15) is 45.2 Å². The highest BCUT2D eigenvalue weighted by molar-refractivity contribution is 7.99. The van der Waals surface area contributed by atoms with E-state index >= 15 is 0 Å². The van der Waals surface area contributed by atoms with Gasteiger partial charge in [0.05, 0.1) is 12.9 Å². The molecule has 1 N–H and O–H groups in total. The van der Waals surface area contributed by atoms with Crippen molar-refractivity contribution in [1.82, 2.24) is 10.2 Å². The summed E-state index contributed by atoms with van der Waals surface area (Å²) >= 11 is 13.7. The zero-order valence-corrected chi connectivity index (χ0v) is 22.1. The molecule has 0 fully saturated rings. The average molecular weight is 512 g/mol. The molecule has 0 bridgehead atoms. The van der Waals surface area contributed by atoms with E-state index in [4.69, 9.17) is 27.9 Å². The number of carbonyl (C=O) groups excluding carboxylic acids is 2. The minimum atomic E-state index is -0.581. The summed E-state index contributed by atoms with van der Waals surface area (Å²) in [5.41, 5.74) is 1.42. The topological polar surface area (TPSA) is 58.6 Å². The summed E-state index contributed by atoms with van der Waals surface area (Å²) in [5.74, 6) is 1.23. The first-order chi connectivity index (χ1) is 15.5. The highest BCUT2D eigenvalue weighted by Gasteiger charge is 2.30. The van der Waals surface area contributed by atoms with E-state index in [1.54, 1.807) is 24.1 Å². The highest BCUT2D eigenvalue weighted by Crippen LogP contribution is 2.25. The molecule has 5 nitrogen and oxygen atoms in total. The molecular weight excluding hydrogens is 479 g/mol. The van der Waals surface area contributed by atoms with Crippen molar-refractivity contribution in [2.24, 2.45) is 0 Å². The van der Waals surface area contributed by atoms with Crippen molar-refractivity contribution >= 4 is 46.8 Å². The molecule has 2 amide bonds. The SMILES string of the molecule is CC[C@H](C(=O)NC(C)(C)C)N(Cc1cccc(OC)c1)C(=O)CSCc1ccc(Cl)cc1Cl. The van der Waals surface area contributed by atoms with Crippen molar-refractivity contribution < 1.29 is 14.3 Å². The Kier molecular flexibility index (Phi) is 10.4. The molecule has 2 aromatic rings. The lowest BCUT2D eigenvalue weighted by molar-refractivity contribution is -0.140. The number of amides is 2. The second-order valence-corrected chi connectivity index (χ2v) is 10.6. The smallest absolute Gasteiger partial charge is 0.243 e. The molecule has 0 heterocycles. The van der Waals surface area contributed by atoms with E-state index in [9.17, 15) is 9.59 Å². The number of ether oxygens (including phenoxy) is 1. The Morgan fingerprint density at radius 1 is 1.15 bits per heavy atom. The first kappa shape index (κ1) is 27.4. The Labute approximate surface area is 211 Å². The van der Waals surface area contributed by atoms with E-state index in [1.165, 1.54) is 11.8 Å². The van der Waals surface area contributed by atoms with Crippen molar-refractivity contribution in [3.63, 3.8) is 0 Å². The maximum Gasteiger partial charge on any atom is 0.243 e. The van der Waals surface area contributed by atoms with Crippen molar-refractivity contribution in [1.29, 1.82) is 0 Å². The van der Waals surface area contributed by atoms with Crippen molar-refractivity contribution in [2.75, 3.05) is 12.9 Å². The third-order valence-corrected chi connectivity index (χ3v) is 6.42. The van der Waals surface area contributed by atoms with Crippen molar-refractivity contribution in [3.05, 3.63) is 63.6 Å². The molecule has 0 unspecified atom stereocenters. The molecule has 2 aromatic carbocycles. The van der Waals surface area contributed by atoms with E-state index < -0.39 is 11.6 Å². The van der Waals surface area contributed by atoms with Crippen LogP contribution in [0.15, 0.2) is 42.5 Å². The highest BCUT2D eigenvalue weighted by atomic mass is 35.5. The zero-order valence-electron chi connectivity index (χ0n) is 19.8. The summed E-state index contributed by atoms with van der Waals surface area (Å²) in [6.45, 7) is 8.01. The summed E-state index contributed by atoms with van der Waals surface area (Å²) in [4.78, 5) is 28.1. The van der Waals surface area contributed by atoms with Gasteiger partial charge in [-0.1, -0.05) is 48.3 Å². The van der Waals surface area contributed by atoms with Crippen LogP contribution in [0.3, 0.4) is 0 Å². The predicted octanol–water partition coefficient (Wildman–Crippen LogP) is 5.96. The Morgan fingerprint density at radius 3 is 2.48 bits per heavy atom. The van der Waals surface area contributed by atoms with Crippen LogP contribution in [0.5, 0.6) is 5.75 Å². The number of methoxy groups -OCH3 is 1. The molecular formula is C25H32Cl2N2O3S. The van der Waals surface area contributed by atoms with Gasteiger partial charge < -0.3 is 15.0 Å². The number of halogens is 2. The Balaban J connectivity index is 2.20. The van der Waals surface area contributed by atoms with Crippen LogP contribution < -0.4 is 10.1 Å². The van der Waals surface area contributed by atoms with Gasteiger partial charge in [0.15, 0.2) is 0 Å². The number of carbonyl (C=O) groups is 2. The number of nitrogens with zero attached hydrogens (tertiary/aromatic N) is 1. The summed E-state index contributed by atoms with van der Waals surface area (Å²) < 4.78 is 5.32. The van der Waals surface area contributed by atoms with Crippen molar-refractivity contribution in [2.45, 2.75) is 58.0 Å². The lowest BCUT2D eigenvalue weighted by Crippen LogP contribution is -2.53. The first-order valence-corrected chi connectivity index (χ1v) is 12.7. The van der Waals surface area contributed by atoms with E-state index in [0.717, 1.165) is 11.1 Å². The van der Waals surface area contributed by atoms with Gasteiger partial charge in [-0.2, -0.15) is 0 Å². The number of nitrogens with one attached hydrogen (secondary N) is 1. The van der Waals surface area contributed by atoms with Gasteiger partial charge in [0.25, 0.3) is 0 Å². The van der Waals surface area contributed by atoms with E-state index in [1.807, 2.05) is 58.0 Å². The maximum atomic E-state index is 13.3. The Morgan fingerprint density at radius 2 is 1.88 bits per heavy atom. The quantitative estimate of drug-likeness (QED) is 0.428. The van der Waals surface area contributed by atoms with Crippen LogP contribution in [-0.2, 0) is 21.9 Å². The third-order valence-electron chi connectivity index (χ3n) is 4.87. The lowest BCUT2D eigenvalue weighted by Gasteiger charge is -2.33. The summed E-state index contributed by atoms with van der Waals surface area (Å²) in [5, 5.41) is 4.16. The molecule has 0 aromatic heterocycles. The number of rotatable bonds is 10. The molecule has 0 aliphatic carbocycles. The Hall–Kier alpha value is -1.89. The van der Waals surface area contributed by atoms with Crippen LogP contribution in [0, 0.1) is 0 Å². The van der Waals surface area contributed by atoms with Gasteiger partial charge in [-0.15, -0.1) is 11.8 Å². The molecule has 1 atom stereocenters. The minimum absolute atomic E-state index is 0.108. The van der Waals surface area contributed by atoms with Crippen molar-refractivity contribution in [3.8, 4) is 5.75 Å². The lowest BCUT2D eigenvalue weighted by atomic mass is 10.1. The van der Waals surface area contributed by atoms with Gasteiger partial charge in [-0.3, -0.25) is 9.59 Å². The molecule has 0 saturated carbocycles. The number of thioether (sulfide) groups is 1. The molecule has 0 radical (unpaired) electrons. The van der Waals surface area contributed by atoms with Gasteiger partial charge in [-0.25, -0.2) is 0 Å². The second-order valence-electron chi connectivity index (χ2n) is 8.76. The van der Waals surface area contributed by atoms with Crippen LogP contribution in [-0.4, -0.2) is 41.2 Å². The normalized spacial score (nSPS) is 12.2. The molecule has 180 valence electrons. The van der Waals surface area contributed by atoms with Crippen LogP contribution in [0.4, 0.5) is 0 Å². The molecule has 0 aliphatic heterocycles. The minimum Gasteiger partial charge on any atom is -0.497 e. The number of benzene rings is 2. The first-order valence-electron chi connectivity index (χ1n) is 10.8. The van der Waals surface area contributed by atoms with Gasteiger partial charge in [0.2, 0.25) is 11.8 Å². The standard InChI is InChI=1S/C25H32Cl2N2O3S/c1-6-22(24(31)28-25(2,3)4)29(14-17-8-7-9-20(12-17)32-5)23(30)16-33-15-18-10-11-19(26)13-21(18)27/h7-13,22H,6,14-16H2,1-5H3,(H,28,31)/t22-/m1/s1. The molecule has 33 heavy (non-hydrogen) atoms. The molecule has 0 aliphatic rings. The maximum absolute atomic E-state index is 13.3. The van der Waals surface area contributed by atoms with Crippen LogP contribution in [0.2, 0.25) is 10.0 Å². The molecule has 0 spiro atoms. The predicted molar refractivity (Wildman–Crippen MR) is 138 cm³/mol. The molecule has 8 heteroatoms. The van der Waals surface area contributed by atoms with Gasteiger partial charge in [0.1, 0.15) is 11.8 Å². The zero-order chi connectivity index (χ0) is 24.6. The average Bonchev–Trinajstić information content (AvgIpc) is 2.74. The van der Waals surface area contributed by atoms with E-state index in [-0.39, 0.29) is 17.6 Å². The Bertz CT molecular complexity index is 963. The fourth-order valence-corrected chi connectivity index (χ4v) is 4.78. The molecule has 0 saturated heterocycles. The third kappa shape index (κ3) is 8.76. The fraction of sp³-hybridized carbons (Fsp3) is 0.440.